The van der Waals surface area contributed by atoms with Crippen molar-refractivity contribution in [2.75, 3.05) is 19.8 Å². The number of hydrogen-bond donors (Lipinski definition) is 13. The lowest BCUT2D eigenvalue weighted by molar-refractivity contribution is -0.368. The van der Waals surface area contributed by atoms with Crippen LogP contribution in [0.25, 0.3) is 0 Å². The Bertz CT molecular complexity index is 2130. The molecule has 4 saturated carbocycles. The fourth-order valence-corrected chi connectivity index (χ4v) is 16.0. The van der Waals surface area contributed by atoms with Crippen molar-refractivity contribution in [1.29, 1.82) is 0 Å². The van der Waals surface area contributed by atoms with E-state index < -0.39 is 175 Å². The number of carboxylic acid groups (broad SMARTS) is 1. The van der Waals surface area contributed by atoms with Crippen LogP contribution in [-0.2, 0) is 47.5 Å². The van der Waals surface area contributed by atoms with E-state index >= 15 is 4.79 Å². The van der Waals surface area contributed by atoms with E-state index in [-0.39, 0.29) is 36.2 Å². The molecule has 28 atom stereocenters. The van der Waals surface area contributed by atoms with Crippen LogP contribution >= 0.6 is 0 Å². The van der Waals surface area contributed by atoms with Gasteiger partial charge in [0.1, 0.15) is 67.1 Å². The number of carbonyl (C=O) groups excluding carboxylic acids is 1. The first-order valence-electron chi connectivity index (χ1n) is 26.7. The summed E-state index contributed by atoms with van der Waals surface area (Å²) in [6.07, 6.45) is -24.9. The predicted octanol–water partition coefficient (Wildman–Crippen LogP) is -1.69. The summed E-state index contributed by atoms with van der Waals surface area (Å²) in [5.74, 6) is -2.76. The predicted molar refractivity (Wildman–Crippen MR) is 253 cm³/mol. The maximum atomic E-state index is 15.3. The molecule has 13 N–H and O–H groups in total. The van der Waals surface area contributed by atoms with Gasteiger partial charge in [-0.3, -0.25) is 4.79 Å². The Kier molecular flexibility index (Phi) is 15.7. The second-order valence-corrected chi connectivity index (χ2v) is 25.4. The highest BCUT2D eigenvalue weighted by Gasteiger charge is 2.72. The Morgan fingerprint density at radius 1 is 0.627 bits per heavy atom. The molecule has 4 saturated heterocycles. The molecule has 8 fully saturated rings. The third-order valence-corrected chi connectivity index (χ3v) is 20.7. The Balaban J connectivity index is 0.947. The molecule has 23 heteroatoms. The molecule has 428 valence electrons. The number of ether oxygens (including phenoxy) is 8. The lowest BCUT2D eigenvalue weighted by Gasteiger charge is -2.71. The minimum Gasteiger partial charge on any atom is -0.479 e. The second kappa shape index (κ2) is 20.5. The summed E-state index contributed by atoms with van der Waals surface area (Å²) >= 11 is 0. The van der Waals surface area contributed by atoms with E-state index in [1.165, 1.54) is 6.92 Å². The molecule has 3 unspecified atom stereocenters. The highest BCUT2D eigenvalue weighted by Crippen LogP contribution is 2.76. The van der Waals surface area contributed by atoms with Crippen LogP contribution in [-0.4, -0.2) is 221 Å². The molecule has 0 aromatic carbocycles. The largest absolute Gasteiger partial charge is 0.479 e. The summed E-state index contributed by atoms with van der Waals surface area (Å²) < 4.78 is 47.0. The van der Waals surface area contributed by atoms with Gasteiger partial charge in [-0.1, -0.05) is 53.2 Å². The minimum atomic E-state index is -1.94. The van der Waals surface area contributed by atoms with Crippen LogP contribution in [0.4, 0.5) is 0 Å². The van der Waals surface area contributed by atoms with Crippen molar-refractivity contribution in [3.05, 3.63) is 11.6 Å². The smallest absolute Gasteiger partial charge is 0.335 e. The number of carboxylic acids is 1. The lowest BCUT2D eigenvalue weighted by atomic mass is 9.33. The zero-order chi connectivity index (χ0) is 54.9. The van der Waals surface area contributed by atoms with E-state index in [4.69, 9.17) is 37.9 Å². The number of carbonyl (C=O) groups is 2. The number of hydrogen-bond acceptors (Lipinski definition) is 22. The number of aliphatic hydroxyl groups is 12. The monoisotopic (exact) mass is 1070 g/mol. The van der Waals surface area contributed by atoms with Crippen molar-refractivity contribution in [3.63, 3.8) is 0 Å². The third-order valence-electron chi connectivity index (χ3n) is 20.7. The zero-order valence-electron chi connectivity index (χ0n) is 43.7. The highest BCUT2D eigenvalue weighted by molar-refractivity contribution is 5.79. The normalized spacial score (nSPS) is 54.8. The quantitative estimate of drug-likeness (QED) is 0.0659. The molecule has 9 rings (SSSR count). The lowest BCUT2D eigenvalue weighted by Crippen LogP contribution is -2.69. The van der Waals surface area contributed by atoms with Gasteiger partial charge >= 0.3 is 11.9 Å². The van der Waals surface area contributed by atoms with Crippen molar-refractivity contribution in [3.8, 4) is 0 Å². The first-order chi connectivity index (χ1) is 35.0. The molecular weight excluding hydrogens is 993 g/mol. The standard InChI is InChI=1S/C52H82O23/c1-21-37(71-42-34(62)29(57)25(55)18-68-42)33(61)36(64)43(70-21)73-39-30(58)26(56)19-69-45(39)75-46(67)52-14-12-47(2,3)16-23(52)22-8-9-28-48(4)17-24(54)40(74-44-35(63)31(59)32(60)38(72-44)41(65)66)49(5,20-53)27(48)10-11-51(28,7)50(22,6)13-15-52/h8,21,23-40,42-45,53-64H,9-20H2,1-7H3,(H,65,66)/t21-,23?,24-,25+,26-,27?,28?,29-,30-,31-,32-,33-,34+,35+,36+,37-,38-,39+,40-,42-,43-,44-,45+,48-,49-,50+,51+,52-/m0/s1. The van der Waals surface area contributed by atoms with Gasteiger partial charge < -0.3 is 104 Å². The SMILES string of the molecule is C[C@@H]1O[C@@H](O[C@H]2[C@@H](OC(=O)[C@]34CCC(C)(C)CC3C3=CCC5[C@@]6(C)C[C@H](O)[C@H](O[C@@H]7O[C@H](C(=O)O)[C@@H](O)[C@H](O)[C@H]7O)[C@@](C)(CO)C6CC[C@@]5(C)[C@]3(C)CC4)OC[C@H](O)[C@@H]2O)[C@H](O)[C@H](O)[C@H]1O[C@@H]1OC[C@@H](O)[C@H](O)[C@H]1O. The van der Waals surface area contributed by atoms with Crippen LogP contribution < -0.4 is 0 Å². The fourth-order valence-electron chi connectivity index (χ4n) is 16.0. The molecule has 0 radical (unpaired) electrons. The summed E-state index contributed by atoms with van der Waals surface area (Å²) in [6, 6.07) is 0. The number of aliphatic carboxylic acids is 1. The molecule has 75 heavy (non-hydrogen) atoms. The number of rotatable bonds is 10. The van der Waals surface area contributed by atoms with Gasteiger partial charge in [-0.2, -0.15) is 0 Å². The average molecular weight is 1080 g/mol. The first-order valence-corrected chi connectivity index (χ1v) is 26.7. The van der Waals surface area contributed by atoms with Crippen LogP contribution in [0, 0.1) is 50.2 Å². The Morgan fingerprint density at radius 2 is 1.23 bits per heavy atom. The van der Waals surface area contributed by atoms with Crippen LogP contribution in [0.1, 0.15) is 106 Å². The average Bonchev–Trinajstić information content (AvgIpc) is 3.35. The fraction of sp³-hybridized carbons (Fsp3) is 0.923. The van der Waals surface area contributed by atoms with Gasteiger partial charge in [0.2, 0.25) is 6.29 Å². The minimum absolute atomic E-state index is 0.0455. The Labute approximate surface area is 435 Å². The maximum absolute atomic E-state index is 15.3. The van der Waals surface area contributed by atoms with Crippen LogP contribution in [0.3, 0.4) is 0 Å². The molecule has 0 amide bonds. The molecule has 0 aromatic rings. The summed E-state index contributed by atoms with van der Waals surface area (Å²) in [6.45, 7) is 13.1. The van der Waals surface area contributed by atoms with Crippen molar-refractivity contribution in [1.82, 2.24) is 0 Å². The van der Waals surface area contributed by atoms with Gasteiger partial charge in [0.25, 0.3) is 0 Å². The third kappa shape index (κ3) is 9.25. The Morgan fingerprint density at radius 3 is 1.89 bits per heavy atom. The molecule has 0 aromatic heterocycles. The number of aliphatic hydroxyl groups excluding tert-OH is 12. The van der Waals surface area contributed by atoms with Crippen LogP contribution in [0.2, 0.25) is 0 Å². The summed E-state index contributed by atoms with van der Waals surface area (Å²) in [5, 5.41) is 140. The molecule has 0 bridgehead atoms. The van der Waals surface area contributed by atoms with Crippen molar-refractivity contribution < 1.29 is 114 Å². The van der Waals surface area contributed by atoms with Gasteiger partial charge in [-0.15, -0.1) is 0 Å². The van der Waals surface area contributed by atoms with Gasteiger partial charge in [-0.25, -0.2) is 4.79 Å². The van der Waals surface area contributed by atoms with Crippen LogP contribution in [0.5, 0.6) is 0 Å². The van der Waals surface area contributed by atoms with Gasteiger partial charge in [-0.05, 0) is 104 Å². The van der Waals surface area contributed by atoms with E-state index in [2.05, 4.69) is 40.7 Å². The Hall–Kier alpha value is -2.08. The topological polar surface area (TPSA) is 371 Å². The molecular formula is C52H82O23. The molecule has 5 aliphatic carbocycles. The van der Waals surface area contributed by atoms with Crippen molar-refractivity contribution in [2.24, 2.45) is 50.2 Å². The molecule has 4 aliphatic heterocycles. The molecule has 4 heterocycles. The van der Waals surface area contributed by atoms with Crippen molar-refractivity contribution in [2.45, 2.75) is 229 Å². The van der Waals surface area contributed by atoms with E-state index in [0.29, 0.717) is 51.4 Å². The molecule has 0 spiro atoms. The van der Waals surface area contributed by atoms with Crippen molar-refractivity contribution >= 4 is 11.9 Å². The van der Waals surface area contributed by atoms with Gasteiger partial charge in [0.05, 0.1) is 43.5 Å². The zero-order valence-corrected chi connectivity index (χ0v) is 43.7. The number of esters is 1. The van der Waals surface area contributed by atoms with E-state index in [1.54, 1.807) is 0 Å². The number of fused-ring (bicyclic) bond motifs is 7. The van der Waals surface area contributed by atoms with Gasteiger partial charge in [0, 0.05) is 5.41 Å². The van der Waals surface area contributed by atoms with E-state index in [9.17, 15) is 71.2 Å². The second-order valence-electron chi connectivity index (χ2n) is 25.4. The van der Waals surface area contributed by atoms with E-state index in [1.807, 2.05) is 6.92 Å². The van der Waals surface area contributed by atoms with Gasteiger partial charge in [0.15, 0.2) is 31.1 Å². The summed E-state index contributed by atoms with van der Waals surface area (Å²) in [4.78, 5) is 27.2. The maximum Gasteiger partial charge on any atom is 0.335 e. The summed E-state index contributed by atoms with van der Waals surface area (Å²) in [7, 11) is 0. The van der Waals surface area contributed by atoms with Crippen LogP contribution in [0.15, 0.2) is 11.6 Å². The first kappa shape index (κ1) is 57.6. The van der Waals surface area contributed by atoms with E-state index in [0.717, 1.165) is 5.57 Å². The summed E-state index contributed by atoms with van der Waals surface area (Å²) in [5.41, 5.74) is -2.70. The molecule has 23 nitrogen and oxygen atoms in total. The number of allylic oxidation sites excluding steroid dienone is 2. The molecule has 9 aliphatic rings. The highest BCUT2D eigenvalue weighted by atomic mass is 16.8.